The molecule has 0 bridgehead atoms. The SMILES string of the molecule is CCOc1ccc(C2=CCC(CC)CC2)c(F)c1F. The van der Waals surface area contributed by atoms with Crippen LogP contribution in [0, 0.1) is 17.6 Å². The molecule has 1 atom stereocenters. The molecule has 1 nitrogen and oxygen atoms in total. The van der Waals surface area contributed by atoms with E-state index in [1.807, 2.05) is 0 Å². The molecule has 104 valence electrons. The van der Waals surface area contributed by atoms with E-state index in [2.05, 4.69) is 13.0 Å². The van der Waals surface area contributed by atoms with E-state index in [9.17, 15) is 8.78 Å². The van der Waals surface area contributed by atoms with Crippen molar-refractivity contribution in [2.75, 3.05) is 6.61 Å². The zero-order chi connectivity index (χ0) is 13.8. The number of hydrogen-bond acceptors (Lipinski definition) is 1. The van der Waals surface area contributed by atoms with Gasteiger partial charge in [-0.1, -0.05) is 19.4 Å². The molecular weight excluding hydrogens is 246 g/mol. The minimum Gasteiger partial charge on any atom is -0.491 e. The first-order valence-electron chi connectivity index (χ1n) is 6.97. The Morgan fingerprint density at radius 3 is 2.58 bits per heavy atom. The summed E-state index contributed by atoms with van der Waals surface area (Å²) in [4.78, 5) is 0. The molecule has 0 fully saturated rings. The monoisotopic (exact) mass is 266 g/mol. The third kappa shape index (κ3) is 2.96. The fraction of sp³-hybridized carbons (Fsp3) is 0.500. The van der Waals surface area contributed by atoms with Crippen molar-refractivity contribution >= 4 is 5.57 Å². The zero-order valence-electron chi connectivity index (χ0n) is 11.5. The Morgan fingerprint density at radius 2 is 2.00 bits per heavy atom. The van der Waals surface area contributed by atoms with E-state index in [-0.39, 0.29) is 5.75 Å². The molecule has 0 saturated carbocycles. The van der Waals surface area contributed by atoms with Gasteiger partial charge in [0.2, 0.25) is 5.82 Å². The summed E-state index contributed by atoms with van der Waals surface area (Å²) >= 11 is 0. The van der Waals surface area contributed by atoms with Gasteiger partial charge in [0.15, 0.2) is 11.6 Å². The average Bonchev–Trinajstić information content (AvgIpc) is 2.45. The van der Waals surface area contributed by atoms with Crippen molar-refractivity contribution in [3.05, 3.63) is 35.4 Å². The molecule has 0 heterocycles. The first-order valence-corrected chi connectivity index (χ1v) is 6.97. The summed E-state index contributed by atoms with van der Waals surface area (Å²) in [6.07, 6.45) is 6.03. The lowest BCUT2D eigenvalue weighted by molar-refractivity contribution is 0.314. The van der Waals surface area contributed by atoms with Gasteiger partial charge < -0.3 is 4.74 Å². The van der Waals surface area contributed by atoms with Gasteiger partial charge in [-0.25, -0.2) is 4.39 Å². The molecule has 1 aromatic carbocycles. The second-order valence-corrected chi connectivity index (χ2v) is 4.95. The summed E-state index contributed by atoms with van der Waals surface area (Å²) in [5.41, 5.74) is 1.31. The summed E-state index contributed by atoms with van der Waals surface area (Å²) in [7, 11) is 0. The number of halogens is 2. The molecule has 19 heavy (non-hydrogen) atoms. The Morgan fingerprint density at radius 1 is 1.21 bits per heavy atom. The van der Waals surface area contributed by atoms with Crippen molar-refractivity contribution in [1.82, 2.24) is 0 Å². The van der Waals surface area contributed by atoms with Crippen LogP contribution in [-0.2, 0) is 0 Å². The fourth-order valence-electron chi connectivity index (χ4n) is 2.55. The van der Waals surface area contributed by atoms with Gasteiger partial charge in [-0.2, -0.15) is 4.39 Å². The van der Waals surface area contributed by atoms with Gasteiger partial charge in [-0.05, 0) is 49.8 Å². The number of allylic oxidation sites excluding steroid dienone is 2. The van der Waals surface area contributed by atoms with Crippen LogP contribution < -0.4 is 4.74 Å². The minimum absolute atomic E-state index is 0.00778. The molecule has 0 N–H and O–H groups in total. The van der Waals surface area contributed by atoms with Crippen LogP contribution in [0.3, 0.4) is 0 Å². The largest absolute Gasteiger partial charge is 0.491 e. The molecule has 1 unspecified atom stereocenters. The third-order valence-corrected chi connectivity index (χ3v) is 3.79. The summed E-state index contributed by atoms with van der Waals surface area (Å²) in [5, 5.41) is 0. The van der Waals surface area contributed by atoms with E-state index in [0.29, 0.717) is 18.1 Å². The highest BCUT2D eigenvalue weighted by molar-refractivity contribution is 5.67. The Kier molecular flexibility index (Phi) is 4.56. The summed E-state index contributed by atoms with van der Waals surface area (Å²) in [6, 6.07) is 3.14. The van der Waals surface area contributed by atoms with Gasteiger partial charge in [0.05, 0.1) is 6.61 Å². The van der Waals surface area contributed by atoms with Crippen LogP contribution >= 0.6 is 0 Å². The second kappa shape index (κ2) is 6.18. The van der Waals surface area contributed by atoms with Gasteiger partial charge in [-0.3, -0.25) is 0 Å². The maximum Gasteiger partial charge on any atom is 0.201 e. The summed E-state index contributed by atoms with van der Waals surface area (Å²) < 4.78 is 32.9. The average molecular weight is 266 g/mol. The van der Waals surface area contributed by atoms with Gasteiger partial charge in [0.1, 0.15) is 0 Å². The number of rotatable bonds is 4. The van der Waals surface area contributed by atoms with Crippen molar-refractivity contribution < 1.29 is 13.5 Å². The van der Waals surface area contributed by atoms with Crippen molar-refractivity contribution in [1.29, 1.82) is 0 Å². The lowest BCUT2D eigenvalue weighted by Crippen LogP contribution is -2.06. The van der Waals surface area contributed by atoms with E-state index >= 15 is 0 Å². The number of benzene rings is 1. The molecule has 0 radical (unpaired) electrons. The van der Waals surface area contributed by atoms with Crippen molar-refractivity contribution in [3.63, 3.8) is 0 Å². The molecule has 1 aliphatic rings. The predicted molar refractivity (Wildman–Crippen MR) is 73.1 cm³/mol. The second-order valence-electron chi connectivity index (χ2n) is 4.95. The molecule has 2 rings (SSSR count). The van der Waals surface area contributed by atoms with Crippen LogP contribution in [0.2, 0.25) is 0 Å². The maximum atomic E-state index is 14.1. The number of hydrogen-bond donors (Lipinski definition) is 0. The first kappa shape index (κ1) is 14.0. The van der Waals surface area contributed by atoms with Crippen LogP contribution in [0.4, 0.5) is 8.78 Å². The van der Waals surface area contributed by atoms with E-state index in [4.69, 9.17) is 4.74 Å². The van der Waals surface area contributed by atoms with Crippen LogP contribution in [0.15, 0.2) is 18.2 Å². The van der Waals surface area contributed by atoms with E-state index in [1.54, 1.807) is 13.0 Å². The van der Waals surface area contributed by atoms with Crippen LogP contribution in [0.25, 0.3) is 5.57 Å². The Bertz CT molecular complexity index is 480. The summed E-state index contributed by atoms with van der Waals surface area (Å²) in [5.74, 6) is -0.990. The van der Waals surface area contributed by atoms with Crippen molar-refractivity contribution in [2.45, 2.75) is 39.5 Å². The zero-order valence-corrected chi connectivity index (χ0v) is 11.5. The highest BCUT2D eigenvalue weighted by Crippen LogP contribution is 2.35. The highest BCUT2D eigenvalue weighted by atomic mass is 19.2. The molecule has 1 aromatic rings. The van der Waals surface area contributed by atoms with E-state index < -0.39 is 11.6 Å². The van der Waals surface area contributed by atoms with Crippen LogP contribution in [-0.4, -0.2) is 6.61 Å². The Hall–Kier alpha value is -1.38. The topological polar surface area (TPSA) is 9.23 Å². The summed E-state index contributed by atoms with van der Waals surface area (Å²) in [6.45, 7) is 4.25. The van der Waals surface area contributed by atoms with Gasteiger partial charge >= 0.3 is 0 Å². The third-order valence-electron chi connectivity index (χ3n) is 3.79. The lowest BCUT2D eigenvalue weighted by atomic mass is 9.85. The van der Waals surface area contributed by atoms with Crippen molar-refractivity contribution in [2.24, 2.45) is 5.92 Å². The smallest absolute Gasteiger partial charge is 0.201 e. The van der Waals surface area contributed by atoms with Gasteiger partial charge in [0, 0.05) is 5.56 Å². The molecule has 0 spiro atoms. The van der Waals surface area contributed by atoms with Crippen molar-refractivity contribution in [3.8, 4) is 5.75 Å². The molecule has 1 aliphatic carbocycles. The maximum absolute atomic E-state index is 14.1. The molecule has 3 heteroatoms. The standard InChI is InChI=1S/C16H20F2O/c1-3-11-5-7-12(8-6-11)13-9-10-14(19-4-2)16(18)15(13)17/h7,9-11H,3-6,8H2,1-2H3. The van der Waals surface area contributed by atoms with E-state index in [0.717, 1.165) is 31.3 Å². The quantitative estimate of drug-likeness (QED) is 0.748. The Balaban J connectivity index is 2.27. The highest BCUT2D eigenvalue weighted by Gasteiger charge is 2.20. The van der Waals surface area contributed by atoms with Crippen LogP contribution in [0.1, 0.15) is 45.1 Å². The number of ether oxygens (including phenoxy) is 1. The Labute approximate surface area is 113 Å². The first-order chi connectivity index (χ1) is 9.17. The normalized spacial score (nSPS) is 19.2. The predicted octanol–water partition coefficient (Wildman–Crippen LogP) is 4.96. The molecule has 0 saturated heterocycles. The van der Waals surface area contributed by atoms with E-state index in [1.165, 1.54) is 6.07 Å². The molecule has 0 aromatic heterocycles. The fourth-order valence-corrected chi connectivity index (χ4v) is 2.55. The molecular formula is C16H20F2O. The minimum atomic E-state index is -0.877. The van der Waals surface area contributed by atoms with Gasteiger partial charge in [-0.15, -0.1) is 0 Å². The molecule has 0 amide bonds. The van der Waals surface area contributed by atoms with Crippen LogP contribution in [0.5, 0.6) is 5.75 Å². The van der Waals surface area contributed by atoms with Gasteiger partial charge in [0.25, 0.3) is 0 Å². The molecule has 0 aliphatic heterocycles. The lowest BCUT2D eigenvalue weighted by Gasteiger charge is -2.21.